The van der Waals surface area contributed by atoms with Gasteiger partial charge in [0, 0.05) is 23.7 Å². The lowest BCUT2D eigenvalue weighted by Crippen LogP contribution is -2.00. The van der Waals surface area contributed by atoms with Crippen molar-refractivity contribution >= 4 is 22.6 Å². The lowest BCUT2D eigenvalue weighted by Gasteiger charge is -2.00. The van der Waals surface area contributed by atoms with Crippen LogP contribution in [0.1, 0.15) is 40.7 Å². The van der Waals surface area contributed by atoms with Gasteiger partial charge < -0.3 is 5.73 Å². The van der Waals surface area contributed by atoms with E-state index in [2.05, 4.69) is 26.7 Å². The summed E-state index contributed by atoms with van der Waals surface area (Å²) in [5.41, 5.74) is 8.72. The molecular formula is C21H17N5O. The zero-order valence-corrected chi connectivity index (χ0v) is 14.6. The van der Waals surface area contributed by atoms with E-state index in [0.717, 1.165) is 18.4 Å². The van der Waals surface area contributed by atoms with E-state index in [-0.39, 0.29) is 12.5 Å². The first-order valence-corrected chi connectivity index (χ1v) is 8.73. The molecule has 0 atom stereocenters. The van der Waals surface area contributed by atoms with Crippen LogP contribution in [0.5, 0.6) is 0 Å². The van der Waals surface area contributed by atoms with Crippen LogP contribution in [0.4, 0.5) is 5.82 Å². The molecule has 1 aliphatic rings. The van der Waals surface area contributed by atoms with Gasteiger partial charge in [-0.25, -0.2) is 16.5 Å². The highest BCUT2D eigenvalue weighted by molar-refractivity contribution is 5.96. The van der Waals surface area contributed by atoms with Crippen molar-refractivity contribution in [3.8, 4) is 11.8 Å². The molecule has 2 N–H and O–H groups in total. The molecule has 0 radical (unpaired) electrons. The van der Waals surface area contributed by atoms with E-state index < -0.39 is 0 Å². The molecule has 2 aromatic heterocycles. The number of rotatable bonds is 4. The number of benzene rings is 1. The van der Waals surface area contributed by atoms with Crippen molar-refractivity contribution < 1.29 is 4.79 Å². The first kappa shape index (κ1) is 16.8. The van der Waals surface area contributed by atoms with E-state index in [1.165, 1.54) is 6.33 Å². The molecule has 1 saturated carbocycles. The minimum Gasteiger partial charge on any atom is -0.383 e. The monoisotopic (exact) mass is 355 g/mol. The Labute approximate surface area is 156 Å². The number of fused-ring (bicyclic) bond motifs is 1. The molecule has 0 bridgehead atoms. The third-order valence-corrected chi connectivity index (χ3v) is 4.60. The fraction of sp³-hybridized carbons (Fsp3) is 0.238. The van der Waals surface area contributed by atoms with Crippen LogP contribution >= 0.6 is 0 Å². The number of nitrogens with two attached hydrogens (primary N) is 1. The number of nitrogen functional groups attached to an aromatic ring is 1. The van der Waals surface area contributed by atoms with Gasteiger partial charge in [-0.1, -0.05) is 24.0 Å². The average molecular weight is 355 g/mol. The average Bonchev–Trinajstić information content (AvgIpc) is 3.41. The minimum atomic E-state index is 0.139. The number of Topliss-reactive ketones (excluding diaryl/α,β-unsaturated/α-hetero) is 1. The van der Waals surface area contributed by atoms with Crippen LogP contribution < -0.4 is 5.73 Å². The summed E-state index contributed by atoms with van der Waals surface area (Å²) in [6, 6.07) is 7.39. The van der Waals surface area contributed by atoms with Crippen molar-refractivity contribution in [2.24, 2.45) is 5.92 Å². The van der Waals surface area contributed by atoms with Gasteiger partial charge >= 0.3 is 0 Å². The second-order valence-electron chi connectivity index (χ2n) is 6.67. The predicted molar refractivity (Wildman–Crippen MR) is 103 cm³/mol. The molecule has 0 spiro atoms. The SMILES string of the molecule is [C-]#[N+]Cn1cc(C#Cc2cccc(C(=O)CC3CC3)c2)c2c(N)ncnc21. The Hall–Kier alpha value is -3.64. The topological polar surface area (TPSA) is 78.2 Å². The number of carbonyl (C=O) groups is 1. The van der Waals surface area contributed by atoms with Crippen molar-refractivity contribution in [1.29, 1.82) is 0 Å². The molecule has 4 rings (SSSR count). The largest absolute Gasteiger partial charge is 0.383 e. The fourth-order valence-electron chi connectivity index (χ4n) is 3.04. The number of carbonyl (C=O) groups excluding carboxylic acids is 1. The van der Waals surface area contributed by atoms with Gasteiger partial charge in [0.05, 0.1) is 10.9 Å². The first-order valence-electron chi connectivity index (χ1n) is 8.73. The molecule has 2 heterocycles. The Bertz CT molecular complexity index is 1140. The number of aromatic nitrogens is 3. The molecule has 6 nitrogen and oxygen atoms in total. The Kier molecular flexibility index (Phi) is 4.32. The summed E-state index contributed by atoms with van der Waals surface area (Å²) in [7, 11) is 0. The minimum absolute atomic E-state index is 0.139. The summed E-state index contributed by atoms with van der Waals surface area (Å²) in [6.07, 6.45) is 6.08. The highest BCUT2D eigenvalue weighted by Crippen LogP contribution is 2.33. The standard InChI is InChI=1S/C21H17N5O/c1-23-13-26-11-17(19-20(22)24-12-25-21(19)26)8-7-14-3-2-4-16(9-14)18(27)10-15-5-6-15/h2-4,9,11-12,15H,5-6,10,13H2,(H2,22,24,25). The molecule has 3 aromatic rings. The van der Waals surface area contributed by atoms with Gasteiger partial charge in [0.15, 0.2) is 11.4 Å². The van der Waals surface area contributed by atoms with E-state index in [4.69, 9.17) is 12.3 Å². The second kappa shape index (κ2) is 6.93. The van der Waals surface area contributed by atoms with E-state index >= 15 is 0 Å². The van der Waals surface area contributed by atoms with E-state index in [1.807, 2.05) is 24.3 Å². The van der Waals surface area contributed by atoms with Gasteiger partial charge in [0.1, 0.15) is 12.1 Å². The molecule has 0 amide bonds. The van der Waals surface area contributed by atoms with Crippen LogP contribution in [0.3, 0.4) is 0 Å². The van der Waals surface area contributed by atoms with Crippen LogP contribution in [0.25, 0.3) is 15.9 Å². The van der Waals surface area contributed by atoms with Crippen molar-refractivity contribution in [2.45, 2.75) is 25.9 Å². The highest BCUT2D eigenvalue weighted by atomic mass is 16.1. The van der Waals surface area contributed by atoms with Crippen LogP contribution in [0, 0.1) is 24.3 Å². The maximum atomic E-state index is 12.3. The molecule has 0 aliphatic heterocycles. The molecule has 27 heavy (non-hydrogen) atoms. The first-order chi connectivity index (χ1) is 13.2. The zero-order valence-electron chi connectivity index (χ0n) is 14.6. The van der Waals surface area contributed by atoms with E-state index in [0.29, 0.717) is 40.3 Å². The van der Waals surface area contributed by atoms with Crippen LogP contribution in [-0.2, 0) is 6.67 Å². The van der Waals surface area contributed by atoms with Gasteiger partial charge in [-0.15, -0.1) is 0 Å². The number of ketones is 1. The quantitative estimate of drug-likeness (QED) is 0.443. The molecular weight excluding hydrogens is 338 g/mol. The van der Waals surface area contributed by atoms with Gasteiger partial charge in [-0.05, 0) is 30.9 Å². The molecule has 1 aromatic carbocycles. The number of anilines is 1. The fourth-order valence-corrected chi connectivity index (χ4v) is 3.04. The predicted octanol–water partition coefficient (Wildman–Crippen LogP) is 3.27. The summed E-state index contributed by atoms with van der Waals surface area (Å²) < 4.78 is 1.71. The highest BCUT2D eigenvalue weighted by Gasteiger charge is 2.24. The molecule has 0 unspecified atom stereocenters. The van der Waals surface area contributed by atoms with Gasteiger partial charge in [0.25, 0.3) is 6.67 Å². The van der Waals surface area contributed by atoms with Crippen molar-refractivity contribution in [2.75, 3.05) is 5.73 Å². The Morgan fingerprint density at radius 1 is 1.33 bits per heavy atom. The Morgan fingerprint density at radius 3 is 2.96 bits per heavy atom. The summed E-state index contributed by atoms with van der Waals surface area (Å²) in [5.74, 6) is 7.26. The van der Waals surface area contributed by atoms with Gasteiger partial charge in [-0.2, -0.15) is 0 Å². The summed E-state index contributed by atoms with van der Waals surface area (Å²) in [4.78, 5) is 24.0. The third kappa shape index (κ3) is 3.51. The van der Waals surface area contributed by atoms with Crippen molar-refractivity contribution in [3.05, 3.63) is 64.9 Å². The van der Waals surface area contributed by atoms with Crippen LogP contribution in [0.15, 0.2) is 36.8 Å². The maximum Gasteiger partial charge on any atom is 0.294 e. The normalized spacial score (nSPS) is 13.0. The smallest absolute Gasteiger partial charge is 0.294 e. The third-order valence-electron chi connectivity index (χ3n) is 4.60. The van der Waals surface area contributed by atoms with Crippen LogP contribution in [0.2, 0.25) is 0 Å². The number of nitrogens with zero attached hydrogens (tertiary/aromatic N) is 4. The Balaban J connectivity index is 1.68. The Morgan fingerprint density at radius 2 is 2.19 bits per heavy atom. The molecule has 6 heteroatoms. The molecule has 1 aliphatic carbocycles. The summed E-state index contributed by atoms with van der Waals surface area (Å²) in [5, 5.41) is 0.648. The zero-order chi connectivity index (χ0) is 18.8. The summed E-state index contributed by atoms with van der Waals surface area (Å²) in [6.45, 7) is 7.23. The lowest BCUT2D eigenvalue weighted by molar-refractivity contribution is 0.0976. The lowest BCUT2D eigenvalue weighted by atomic mass is 10.0. The van der Waals surface area contributed by atoms with E-state index in [9.17, 15) is 4.79 Å². The van der Waals surface area contributed by atoms with E-state index in [1.54, 1.807) is 10.8 Å². The number of hydrogen-bond donors (Lipinski definition) is 1. The van der Waals surface area contributed by atoms with Gasteiger partial charge in [0.2, 0.25) is 0 Å². The maximum absolute atomic E-state index is 12.3. The summed E-state index contributed by atoms with van der Waals surface area (Å²) >= 11 is 0. The van der Waals surface area contributed by atoms with Crippen molar-refractivity contribution in [3.63, 3.8) is 0 Å². The molecule has 132 valence electrons. The number of hydrogen-bond acceptors (Lipinski definition) is 4. The molecule has 1 fully saturated rings. The molecule has 0 saturated heterocycles. The van der Waals surface area contributed by atoms with Crippen molar-refractivity contribution in [1.82, 2.24) is 14.5 Å². The second-order valence-corrected chi connectivity index (χ2v) is 6.67. The van der Waals surface area contributed by atoms with Gasteiger partial charge in [-0.3, -0.25) is 14.2 Å². The van der Waals surface area contributed by atoms with Crippen LogP contribution in [-0.4, -0.2) is 20.3 Å².